The summed E-state index contributed by atoms with van der Waals surface area (Å²) in [5, 5.41) is 21.4. The van der Waals surface area contributed by atoms with E-state index in [0.717, 1.165) is 29.6 Å². The zero-order valence-electron chi connectivity index (χ0n) is 18.7. The van der Waals surface area contributed by atoms with E-state index in [4.69, 9.17) is 4.74 Å². The molecule has 11 heteroatoms. The van der Waals surface area contributed by atoms with Crippen LogP contribution in [0.1, 0.15) is 55.8 Å². The number of fused-ring (bicyclic) bond motifs is 1. The van der Waals surface area contributed by atoms with Gasteiger partial charge in [0.15, 0.2) is 5.65 Å². The van der Waals surface area contributed by atoms with Gasteiger partial charge in [0.1, 0.15) is 0 Å². The molecule has 0 spiro atoms. The van der Waals surface area contributed by atoms with Crippen molar-refractivity contribution in [2.75, 3.05) is 25.1 Å². The molecule has 1 aliphatic rings. The second-order valence-electron chi connectivity index (χ2n) is 8.56. The minimum atomic E-state index is -1.08. The van der Waals surface area contributed by atoms with E-state index in [-0.39, 0.29) is 11.8 Å². The molecule has 3 aromatic rings. The van der Waals surface area contributed by atoms with Gasteiger partial charge in [0, 0.05) is 30.6 Å². The lowest BCUT2D eigenvalue weighted by Gasteiger charge is -2.31. The molecule has 1 saturated heterocycles. The third-order valence-corrected chi connectivity index (χ3v) is 5.93. The Balaban J connectivity index is 1.49. The quantitative estimate of drug-likeness (QED) is 0.519. The molecule has 1 fully saturated rings. The SMILES string of the molecule is COc1nc(C(=O)NC(C)C(C)(C)O)nc(N2CCC(c3n[nH]c4ncccc34)CC2)n1. The fourth-order valence-corrected chi connectivity index (χ4v) is 3.66. The number of methoxy groups -OCH3 is 1. The van der Waals surface area contributed by atoms with E-state index in [1.165, 1.54) is 7.11 Å². The lowest BCUT2D eigenvalue weighted by atomic mass is 9.92. The molecule has 0 aliphatic carbocycles. The van der Waals surface area contributed by atoms with Crippen LogP contribution in [0, 0.1) is 0 Å². The molecule has 4 rings (SSSR count). The number of aliphatic hydroxyl groups is 1. The second kappa shape index (κ2) is 8.65. The molecule has 1 atom stereocenters. The Morgan fingerprint density at radius 1 is 1.31 bits per heavy atom. The number of hydrogen-bond donors (Lipinski definition) is 3. The van der Waals surface area contributed by atoms with Crippen molar-refractivity contribution in [3.05, 3.63) is 29.8 Å². The molecule has 0 radical (unpaired) electrons. The van der Waals surface area contributed by atoms with Crippen molar-refractivity contribution in [3.8, 4) is 6.01 Å². The maximum atomic E-state index is 12.7. The third-order valence-electron chi connectivity index (χ3n) is 5.93. The number of amides is 1. The summed E-state index contributed by atoms with van der Waals surface area (Å²) >= 11 is 0. The highest BCUT2D eigenvalue weighted by molar-refractivity contribution is 5.91. The standard InChI is InChI=1S/C21H28N8O3/c1-12(21(2,3)31)23-18(30)17-24-19(26-20(25-17)32-4)29-10-7-13(8-11-29)15-14-6-5-9-22-16(14)28-27-15/h5-6,9,12-13,31H,7-8,10-11H2,1-4H3,(H,23,30)(H,22,27,28). The minimum Gasteiger partial charge on any atom is -0.467 e. The number of carbonyl (C=O) groups is 1. The van der Waals surface area contributed by atoms with Gasteiger partial charge < -0.3 is 20.1 Å². The summed E-state index contributed by atoms with van der Waals surface area (Å²) < 4.78 is 5.20. The van der Waals surface area contributed by atoms with Crippen LogP contribution < -0.4 is 15.0 Å². The number of rotatable bonds is 6. The first-order chi connectivity index (χ1) is 15.3. The van der Waals surface area contributed by atoms with Crippen LogP contribution in [0.5, 0.6) is 6.01 Å². The highest BCUT2D eigenvalue weighted by Crippen LogP contribution is 2.32. The van der Waals surface area contributed by atoms with E-state index in [1.807, 2.05) is 17.0 Å². The van der Waals surface area contributed by atoms with Crippen LogP contribution >= 0.6 is 0 Å². The monoisotopic (exact) mass is 440 g/mol. The number of nitrogens with one attached hydrogen (secondary N) is 2. The summed E-state index contributed by atoms with van der Waals surface area (Å²) in [4.78, 5) is 31.8. The van der Waals surface area contributed by atoms with E-state index in [1.54, 1.807) is 27.0 Å². The van der Waals surface area contributed by atoms with Crippen molar-refractivity contribution in [1.82, 2.24) is 35.5 Å². The molecule has 3 N–H and O–H groups in total. The van der Waals surface area contributed by atoms with Gasteiger partial charge in [-0.3, -0.25) is 9.89 Å². The normalized spacial score (nSPS) is 16.2. The van der Waals surface area contributed by atoms with Crippen molar-refractivity contribution >= 4 is 22.9 Å². The van der Waals surface area contributed by atoms with Crippen molar-refractivity contribution < 1.29 is 14.6 Å². The highest BCUT2D eigenvalue weighted by atomic mass is 16.5. The highest BCUT2D eigenvalue weighted by Gasteiger charge is 2.29. The molecule has 0 saturated carbocycles. The molecule has 0 aromatic carbocycles. The van der Waals surface area contributed by atoms with E-state index in [2.05, 4.69) is 35.5 Å². The smallest absolute Gasteiger partial charge is 0.321 e. The predicted molar refractivity (Wildman–Crippen MR) is 118 cm³/mol. The topological polar surface area (TPSA) is 142 Å². The molecule has 0 bridgehead atoms. The molecule has 170 valence electrons. The van der Waals surface area contributed by atoms with Crippen molar-refractivity contribution in [2.45, 2.75) is 51.2 Å². The van der Waals surface area contributed by atoms with E-state index in [0.29, 0.717) is 25.0 Å². The number of H-pyrrole nitrogens is 1. The Morgan fingerprint density at radius 2 is 2.06 bits per heavy atom. The second-order valence-corrected chi connectivity index (χ2v) is 8.56. The van der Waals surface area contributed by atoms with Gasteiger partial charge in [0.25, 0.3) is 5.91 Å². The molecule has 11 nitrogen and oxygen atoms in total. The van der Waals surface area contributed by atoms with Crippen LogP contribution in [-0.2, 0) is 0 Å². The Hall–Kier alpha value is -3.34. The molecular weight excluding hydrogens is 412 g/mol. The lowest BCUT2D eigenvalue weighted by Crippen LogP contribution is -2.47. The Morgan fingerprint density at radius 3 is 2.75 bits per heavy atom. The maximum absolute atomic E-state index is 12.7. The minimum absolute atomic E-state index is 0.0468. The average Bonchev–Trinajstić information content (AvgIpc) is 3.22. The first kappa shape index (κ1) is 21.9. The number of aromatic nitrogens is 6. The molecule has 1 amide bonds. The summed E-state index contributed by atoms with van der Waals surface area (Å²) in [7, 11) is 1.45. The van der Waals surface area contributed by atoms with Crippen LogP contribution in [-0.4, -0.2) is 73.0 Å². The Bertz CT molecular complexity index is 1100. The fourth-order valence-electron chi connectivity index (χ4n) is 3.66. The molecule has 1 unspecified atom stereocenters. The molecule has 1 aliphatic heterocycles. The van der Waals surface area contributed by atoms with Crippen molar-refractivity contribution in [1.29, 1.82) is 0 Å². The largest absolute Gasteiger partial charge is 0.467 e. The van der Waals surface area contributed by atoms with Crippen LogP contribution in [0.15, 0.2) is 18.3 Å². The van der Waals surface area contributed by atoms with E-state index in [9.17, 15) is 9.90 Å². The number of anilines is 1. The summed E-state index contributed by atoms with van der Waals surface area (Å²) in [6.45, 7) is 6.37. The van der Waals surface area contributed by atoms with Gasteiger partial charge >= 0.3 is 6.01 Å². The van der Waals surface area contributed by atoms with Crippen LogP contribution in [0.4, 0.5) is 5.95 Å². The maximum Gasteiger partial charge on any atom is 0.321 e. The van der Waals surface area contributed by atoms with Crippen molar-refractivity contribution in [3.63, 3.8) is 0 Å². The molecule has 32 heavy (non-hydrogen) atoms. The van der Waals surface area contributed by atoms with Crippen LogP contribution in [0.3, 0.4) is 0 Å². The first-order valence-electron chi connectivity index (χ1n) is 10.6. The third kappa shape index (κ3) is 4.47. The van der Waals surface area contributed by atoms with Gasteiger partial charge in [0.2, 0.25) is 11.8 Å². The van der Waals surface area contributed by atoms with Gasteiger partial charge in [-0.15, -0.1) is 0 Å². The summed E-state index contributed by atoms with van der Waals surface area (Å²) in [6.07, 6.45) is 3.47. The van der Waals surface area contributed by atoms with Gasteiger partial charge in [-0.1, -0.05) is 0 Å². The first-order valence-corrected chi connectivity index (χ1v) is 10.6. The van der Waals surface area contributed by atoms with Gasteiger partial charge in [-0.2, -0.15) is 20.1 Å². The fraction of sp³-hybridized carbons (Fsp3) is 0.524. The lowest BCUT2D eigenvalue weighted by molar-refractivity contribution is 0.0405. The van der Waals surface area contributed by atoms with Gasteiger partial charge in [-0.25, -0.2) is 4.98 Å². The number of pyridine rings is 1. The summed E-state index contributed by atoms with van der Waals surface area (Å²) in [6, 6.07) is 3.53. The number of carbonyl (C=O) groups excluding carboxylic acids is 1. The average molecular weight is 441 g/mol. The summed E-state index contributed by atoms with van der Waals surface area (Å²) in [5.41, 5.74) is 0.744. The van der Waals surface area contributed by atoms with Crippen LogP contribution in [0.2, 0.25) is 0 Å². The zero-order valence-corrected chi connectivity index (χ0v) is 18.7. The number of aromatic amines is 1. The van der Waals surface area contributed by atoms with Gasteiger partial charge in [0.05, 0.1) is 24.4 Å². The number of ether oxygens (including phenoxy) is 1. The number of hydrogen-bond acceptors (Lipinski definition) is 9. The predicted octanol–water partition coefficient (Wildman–Crippen LogP) is 1.42. The molecule has 3 aromatic heterocycles. The van der Waals surface area contributed by atoms with E-state index < -0.39 is 17.6 Å². The Kier molecular flexibility index (Phi) is 5.92. The zero-order chi connectivity index (χ0) is 22.9. The van der Waals surface area contributed by atoms with Gasteiger partial charge in [-0.05, 0) is 45.7 Å². The van der Waals surface area contributed by atoms with E-state index >= 15 is 0 Å². The molecule has 4 heterocycles. The van der Waals surface area contributed by atoms with Crippen molar-refractivity contribution in [2.24, 2.45) is 0 Å². The number of nitrogens with zero attached hydrogens (tertiary/aromatic N) is 6. The molecular formula is C21H28N8O3. The number of piperidine rings is 1. The summed E-state index contributed by atoms with van der Waals surface area (Å²) in [5.74, 6) is 0.148. The Labute approximate surface area is 185 Å². The van der Waals surface area contributed by atoms with Crippen LogP contribution in [0.25, 0.3) is 11.0 Å².